The molecule has 0 unspecified atom stereocenters. The number of aromatic nitrogens is 6. The van der Waals surface area contributed by atoms with Crippen LogP contribution in [0, 0.1) is 18.5 Å². The van der Waals surface area contributed by atoms with Crippen LogP contribution >= 0.6 is 0 Å². The molecule has 67 heavy (non-hydrogen) atoms. The van der Waals surface area contributed by atoms with Crippen LogP contribution < -0.4 is 9.30 Å². The van der Waals surface area contributed by atoms with Gasteiger partial charge >= 0.3 is 0 Å². The molecule has 0 aliphatic heterocycles. The van der Waals surface area contributed by atoms with Crippen LogP contribution in [0.4, 0.5) is 0 Å². The molecular weight excluding hydrogens is 1000 g/mol. The van der Waals surface area contributed by atoms with Gasteiger partial charge in [0.1, 0.15) is 5.82 Å². The van der Waals surface area contributed by atoms with Gasteiger partial charge in [-0.05, 0) is 70.6 Å². The second kappa shape index (κ2) is 15.4. The maximum absolute atomic E-state index is 6.82. The van der Waals surface area contributed by atoms with Crippen LogP contribution in [0.25, 0.3) is 99.3 Å². The summed E-state index contributed by atoms with van der Waals surface area (Å²) >= 11 is 0. The molecule has 0 aliphatic rings. The Bertz CT molecular complexity index is 4080. The molecule has 5 heterocycles. The van der Waals surface area contributed by atoms with E-state index in [1.165, 1.54) is 38.1 Å². The number of aryl methyl sites for hydroxylation is 1. The van der Waals surface area contributed by atoms with Gasteiger partial charge in [-0.2, -0.15) is 18.2 Å². The fraction of sp³-hybridized carbons (Fsp3) is 0.0847. The van der Waals surface area contributed by atoms with E-state index in [0.29, 0.717) is 11.5 Å². The largest absolute Gasteiger partial charge is 0.510 e. The molecular formula is C59H42N6OPt-2. The molecule has 0 atom stereocenters. The Labute approximate surface area is 401 Å². The number of benzene rings is 8. The van der Waals surface area contributed by atoms with E-state index in [1.807, 2.05) is 53.2 Å². The first kappa shape index (κ1) is 40.8. The van der Waals surface area contributed by atoms with E-state index in [1.54, 1.807) is 0 Å². The average molecular weight is 1050 g/mol. The molecule has 0 amide bonds. The molecule has 0 aliphatic carbocycles. The topological polar surface area (TPSA) is 45.7 Å². The molecule has 0 fully saturated rings. The molecule has 8 aromatic carbocycles. The van der Waals surface area contributed by atoms with E-state index < -0.39 is 0 Å². The minimum atomic E-state index is -0.116. The average Bonchev–Trinajstić information content (AvgIpc) is 4.09. The molecule has 13 rings (SSSR count). The van der Waals surface area contributed by atoms with E-state index in [0.717, 1.165) is 66.8 Å². The SMILES string of the molecule is Cn1c2ccccc2c2c3c4ccc(Oc5[c-]c(-[n+]6[c-]n(-c7ccccc7)c7ccccc76)ccc5)[c-]c4n(-c4cc(C(C)(C)C)ccn4)c3c3c(c4ccccc4n3-c3ccccc3)c21.[Pt]. The van der Waals surface area contributed by atoms with Crippen molar-refractivity contribution >= 4 is 76.5 Å². The number of nitrogens with zero attached hydrogens (tertiary/aromatic N) is 6. The maximum Gasteiger partial charge on any atom is 0.268 e. The molecule has 0 spiro atoms. The molecule has 0 N–H and O–H groups in total. The number of imidazole rings is 1. The monoisotopic (exact) mass is 1050 g/mol. The minimum absolute atomic E-state index is 0. The van der Waals surface area contributed by atoms with Gasteiger partial charge in [0.05, 0.1) is 38.8 Å². The van der Waals surface area contributed by atoms with Crippen molar-refractivity contribution in [2.24, 2.45) is 7.05 Å². The molecule has 0 saturated carbocycles. The quantitative estimate of drug-likeness (QED) is 0.123. The predicted molar refractivity (Wildman–Crippen MR) is 267 cm³/mol. The molecule has 0 saturated heterocycles. The molecule has 8 heteroatoms. The smallest absolute Gasteiger partial charge is 0.268 e. The molecule has 0 bridgehead atoms. The van der Waals surface area contributed by atoms with Crippen LogP contribution in [0.5, 0.6) is 11.5 Å². The van der Waals surface area contributed by atoms with Gasteiger partial charge < -0.3 is 23.0 Å². The second-order valence-corrected chi connectivity index (χ2v) is 18.1. The third-order valence-corrected chi connectivity index (χ3v) is 13.2. The fourth-order valence-corrected chi connectivity index (χ4v) is 10.2. The van der Waals surface area contributed by atoms with Crippen LogP contribution in [-0.4, -0.2) is 23.3 Å². The van der Waals surface area contributed by atoms with Crippen LogP contribution in [0.2, 0.25) is 0 Å². The Hall–Kier alpha value is -7.73. The van der Waals surface area contributed by atoms with Crippen molar-refractivity contribution in [2.45, 2.75) is 26.2 Å². The van der Waals surface area contributed by atoms with Crippen molar-refractivity contribution < 1.29 is 30.4 Å². The van der Waals surface area contributed by atoms with Gasteiger partial charge in [-0.1, -0.05) is 123 Å². The zero-order valence-electron chi connectivity index (χ0n) is 37.2. The summed E-state index contributed by atoms with van der Waals surface area (Å²) in [5, 5.41) is 6.98. The van der Waals surface area contributed by atoms with E-state index in [4.69, 9.17) is 9.72 Å². The predicted octanol–water partition coefficient (Wildman–Crippen LogP) is 13.6. The van der Waals surface area contributed by atoms with Crippen molar-refractivity contribution in [3.63, 3.8) is 0 Å². The van der Waals surface area contributed by atoms with Crippen molar-refractivity contribution in [1.29, 1.82) is 0 Å². The third kappa shape index (κ3) is 6.22. The van der Waals surface area contributed by atoms with Gasteiger partial charge in [0.2, 0.25) is 0 Å². The summed E-state index contributed by atoms with van der Waals surface area (Å²) in [6.45, 7) is 6.75. The van der Waals surface area contributed by atoms with E-state index in [-0.39, 0.29) is 26.5 Å². The maximum atomic E-state index is 6.82. The summed E-state index contributed by atoms with van der Waals surface area (Å²) in [4.78, 5) is 5.19. The third-order valence-electron chi connectivity index (χ3n) is 13.2. The zero-order chi connectivity index (χ0) is 44.3. The van der Waals surface area contributed by atoms with Gasteiger partial charge in [0, 0.05) is 78.6 Å². The number of hydrogen-bond acceptors (Lipinski definition) is 2. The standard InChI is InChI=1S/C59H42N6O.Pt/c1-59(2,3)38-32-33-60-52(34-38)65-51-36-43(66-42-23-17-22-41(35-42)63-37-62(39-18-7-5-8-19-39)49-28-15-16-29-50(49)63)30-31-46(51)54-53-44-24-11-13-26-47(44)61(4)56(53)55-45-25-12-14-27-48(45)64(58(55)57(54)65)40-20-9-6-10-21-40;/h5-34H,1-4H3;/q-2;. The Morgan fingerprint density at radius 1 is 0.537 bits per heavy atom. The van der Waals surface area contributed by atoms with Crippen LogP contribution in [0.1, 0.15) is 26.3 Å². The Balaban J connectivity index is 0.00000468. The summed E-state index contributed by atoms with van der Waals surface area (Å²) in [6, 6.07) is 68.9. The Kier molecular flexibility index (Phi) is 9.39. The first-order valence-electron chi connectivity index (χ1n) is 22.4. The summed E-state index contributed by atoms with van der Waals surface area (Å²) in [7, 11) is 2.20. The number of rotatable bonds is 6. The van der Waals surface area contributed by atoms with E-state index in [9.17, 15) is 0 Å². The van der Waals surface area contributed by atoms with E-state index in [2.05, 4.69) is 198 Å². The van der Waals surface area contributed by atoms with E-state index >= 15 is 0 Å². The van der Waals surface area contributed by atoms with Crippen molar-refractivity contribution in [3.8, 4) is 34.4 Å². The van der Waals surface area contributed by atoms with Crippen LogP contribution in [-0.2, 0) is 33.5 Å². The number of pyridine rings is 1. The summed E-state index contributed by atoms with van der Waals surface area (Å²) in [6.07, 6.45) is 5.53. The minimum Gasteiger partial charge on any atom is -0.510 e. The summed E-state index contributed by atoms with van der Waals surface area (Å²) in [5.74, 6) is 1.96. The zero-order valence-corrected chi connectivity index (χ0v) is 39.5. The first-order valence-corrected chi connectivity index (χ1v) is 22.4. The number of para-hydroxylation sites is 6. The normalized spacial score (nSPS) is 12.1. The molecule has 326 valence electrons. The Morgan fingerprint density at radius 2 is 1.16 bits per heavy atom. The van der Waals surface area contributed by atoms with Crippen molar-refractivity contribution in [1.82, 2.24) is 23.3 Å². The summed E-state index contributed by atoms with van der Waals surface area (Å²) in [5.41, 5.74) is 12.6. The van der Waals surface area contributed by atoms with Crippen molar-refractivity contribution in [2.75, 3.05) is 0 Å². The van der Waals surface area contributed by atoms with Gasteiger partial charge in [-0.15, -0.1) is 29.7 Å². The Morgan fingerprint density at radius 3 is 1.93 bits per heavy atom. The van der Waals surface area contributed by atoms with Crippen molar-refractivity contribution in [3.05, 3.63) is 206 Å². The molecule has 5 aromatic heterocycles. The second-order valence-electron chi connectivity index (χ2n) is 18.1. The first-order chi connectivity index (χ1) is 32.3. The van der Waals surface area contributed by atoms with Gasteiger partial charge in [-0.25, -0.2) is 4.98 Å². The van der Waals surface area contributed by atoms with Gasteiger partial charge in [0.15, 0.2) is 0 Å². The van der Waals surface area contributed by atoms with Gasteiger partial charge in [-0.3, -0.25) is 4.57 Å². The number of fused-ring (bicyclic) bond motifs is 13. The molecule has 7 nitrogen and oxygen atoms in total. The number of ether oxygens (including phenoxy) is 1. The molecule has 13 aromatic rings. The fourth-order valence-electron chi connectivity index (χ4n) is 10.2. The van der Waals surface area contributed by atoms with Gasteiger partial charge in [0.25, 0.3) is 6.33 Å². The van der Waals surface area contributed by atoms with Crippen LogP contribution in [0.15, 0.2) is 182 Å². The summed E-state index contributed by atoms with van der Waals surface area (Å²) < 4.78 is 18.1. The molecule has 0 radical (unpaired) electrons. The number of hydrogen-bond donors (Lipinski definition) is 0. The van der Waals surface area contributed by atoms with Crippen LogP contribution in [0.3, 0.4) is 0 Å².